The molecule has 2 aromatic carbocycles. The molecule has 128 valence electrons. The molecule has 1 N–H and O–H groups in total. The molecule has 0 saturated carbocycles. The number of H-pyrrole nitrogens is 1. The minimum Gasteiger partial charge on any atom is -0.331 e. The Morgan fingerprint density at radius 2 is 1.92 bits per heavy atom. The van der Waals surface area contributed by atoms with Gasteiger partial charge in [-0.2, -0.15) is 0 Å². The summed E-state index contributed by atoms with van der Waals surface area (Å²) in [6, 6.07) is 13.8. The fourth-order valence-corrected chi connectivity index (χ4v) is 2.87. The molecule has 0 unspecified atom stereocenters. The molecule has 1 aromatic heterocycles. The standard InChI is InChI=1S/C17H13Cl2N3O3/c1-21(16(23)13-8-7-11(18)9-14(13)19)10-15-17(24)25-20-22(15)12-5-3-2-4-6-12/h2-9H,10H2,1H3/p+1. The van der Waals surface area contributed by atoms with E-state index in [0.717, 1.165) is 0 Å². The van der Waals surface area contributed by atoms with Gasteiger partial charge in [0.15, 0.2) is 0 Å². The number of carbonyl (C=O) groups excluding carboxylic acids is 1. The Hall–Kier alpha value is -2.57. The van der Waals surface area contributed by atoms with Gasteiger partial charge in [0.1, 0.15) is 6.54 Å². The number of carbonyl (C=O) groups is 1. The zero-order chi connectivity index (χ0) is 18.0. The minimum absolute atomic E-state index is 0.0402. The van der Waals surface area contributed by atoms with E-state index in [0.29, 0.717) is 16.3 Å². The van der Waals surface area contributed by atoms with E-state index < -0.39 is 5.63 Å². The van der Waals surface area contributed by atoms with E-state index in [2.05, 4.69) is 5.27 Å². The first-order valence-electron chi connectivity index (χ1n) is 7.35. The van der Waals surface area contributed by atoms with Crippen molar-refractivity contribution in [3.63, 3.8) is 0 Å². The molecular formula is C17H14Cl2N3O3+. The number of hydrogen-bond donors (Lipinski definition) is 1. The van der Waals surface area contributed by atoms with Crippen molar-refractivity contribution in [1.82, 2.24) is 10.2 Å². The van der Waals surface area contributed by atoms with E-state index >= 15 is 0 Å². The number of hydrogen-bond acceptors (Lipinski definition) is 3. The quantitative estimate of drug-likeness (QED) is 0.709. The molecule has 0 radical (unpaired) electrons. The van der Waals surface area contributed by atoms with Crippen LogP contribution in [0.15, 0.2) is 57.8 Å². The molecule has 8 heteroatoms. The van der Waals surface area contributed by atoms with Crippen LogP contribution in [0.3, 0.4) is 0 Å². The molecule has 0 aliphatic rings. The first-order chi connectivity index (χ1) is 12.0. The predicted octanol–water partition coefficient (Wildman–Crippen LogP) is 2.82. The first kappa shape index (κ1) is 17.3. The van der Waals surface area contributed by atoms with Gasteiger partial charge in [0.05, 0.1) is 10.6 Å². The second kappa shape index (κ2) is 7.13. The molecule has 0 aliphatic carbocycles. The number of benzene rings is 2. The van der Waals surface area contributed by atoms with E-state index in [9.17, 15) is 9.59 Å². The molecule has 0 bridgehead atoms. The second-order valence-corrected chi connectivity index (χ2v) is 6.23. The molecule has 0 fully saturated rings. The van der Waals surface area contributed by atoms with Crippen molar-refractivity contribution in [2.45, 2.75) is 6.54 Å². The van der Waals surface area contributed by atoms with Gasteiger partial charge in [-0.05, 0) is 28.2 Å². The molecule has 0 aliphatic heterocycles. The fraction of sp³-hybridized carbons (Fsp3) is 0.118. The number of amides is 1. The normalized spacial score (nSPS) is 10.7. The van der Waals surface area contributed by atoms with E-state index in [1.54, 1.807) is 19.2 Å². The van der Waals surface area contributed by atoms with Crippen LogP contribution in [-0.4, -0.2) is 23.1 Å². The van der Waals surface area contributed by atoms with Crippen LogP contribution in [0.2, 0.25) is 10.0 Å². The largest absolute Gasteiger partial charge is 0.432 e. The lowest BCUT2D eigenvalue weighted by Crippen LogP contribution is -2.42. The lowest BCUT2D eigenvalue weighted by molar-refractivity contribution is -0.678. The highest BCUT2D eigenvalue weighted by Crippen LogP contribution is 2.22. The second-order valence-electron chi connectivity index (χ2n) is 5.38. The van der Waals surface area contributed by atoms with Crippen molar-refractivity contribution in [1.29, 1.82) is 0 Å². The number of nitrogens with one attached hydrogen (secondary N) is 1. The Bertz CT molecular complexity index is 967. The van der Waals surface area contributed by atoms with E-state index in [1.807, 2.05) is 30.3 Å². The fourth-order valence-electron chi connectivity index (χ4n) is 2.38. The number of aromatic nitrogens is 2. The zero-order valence-corrected chi connectivity index (χ0v) is 14.7. The molecule has 1 amide bonds. The molecule has 3 rings (SSSR count). The minimum atomic E-state index is -0.550. The Balaban J connectivity index is 1.89. The van der Waals surface area contributed by atoms with Crippen molar-refractivity contribution in [3.8, 4) is 5.69 Å². The summed E-state index contributed by atoms with van der Waals surface area (Å²) in [7, 11) is 1.58. The summed E-state index contributed by atoms with van der Waals surface area (Å²) in [5.41, 5.74) is 0.756. The summed E-state index contributed by atoms with van der Waals surface area (Å²) in [4.78, 5) is 26.0. The van der Waals surface area contributed by atoms with Gasteiger partial charge in [-0.15, -0.1) is 0 Å². The number of aromatic amines is 1. The summed E-state index contributed by atoms with van der Waals surface area (Å²) in [6.45, 7) is 0.0402. The van der Waals surface area contributed by atoms with Crippen LogP contribution in [0.1, 0.15) is 16.1 Å². The highest BCUT2D eigenvalue weighted by Gasteiger charge is 2.27. The SMILES string of the molecule is CN(Cc1c(=O)o[nH][n+]1-c1ccccc1)C(=O)c1ccc(Cl)cc1Cl. The van der Waals surface area contributed by atoms with E-state index in [4.69, 9.17) is 27.7 Å². The Morgan fingerprint density at radius 3 is 2.60 bits per heavy atom. The smallest absolute Gasteiger partial charge is 0.331 e. The molecule has 1 heterocycles. The molecular weight excluding hydrogens is 365 g/mol. The zero-order valence-electron chi connectivity index (χ0n) is 13.2. The molecule has 6 nitrogen and oxygen atoms in total. The highest BCUT2D eigenvalue weighted by atomic mass is 35.5. The first-order valence-corrected chi connectivity index (χ1v) is 8.11. The van der Waals surface area contributed by atoms with Gasteiger partial charge in [0.2, 0.25) is 5.69 Å². The third-order valence-electron chi connectivity index (χ3n) is 3.64. The predicted molar refractivity (Wildman–Crippen MR) is 93.1 cm³/mol. The van der Waals surface area contributed by atoms with Crippen LogP contribution in [0.5, 0.6) is 0 Å². The van der Waals surface area contributed by atoms with Crippen LogP contribution >= 0.6 is 23.2 Å². The summed E-state index contributed by atoms with van der Waals surface area (Å²) in [5, 5.41) is 3.23. The van der Waals surface area contributed by atoms with Crippen LogP contribution < -0.4 is 10.3 Å². The third kappa shape index (κ3) is 3.60. The molecule has 0 spiro atoms. The van der Waals surface area contributed by atoms with Crippen molar-refractivity contribution >= 4 is 29.1 Å². The Kier molecular flexibility index (Phi) is 4.92. The Labute approximate surface area is 153 Å². The van der Waals surface area contributed by atoms with Gasteiger partial charge in [0, 0.05) is 24.2 Å². The van der Waals surface area contributed by atoms with Gasteiger partial charge >= 0.3 is 11.3 Å². The maximum absolute atomic E-state index is 12.6. The summed E-state index contributed by atoms with van der Waals surface area (Å²) >= 11 is 11.9. The van der Waals surface area contributed by atoms with Crippen molar-refractivity contribution < 1.29 is 14.0 Å². The third-order valence-corrected chi connectivity index (χ3v) is 4.19. The van der Waals surface area contributed by atoms with Gasteiger partial charge in [-0.25, -0.2) is 4.79 Å². The van der Waals surface area contributed by atoms with E-state index in [1.165, 1.54) is 15.6 Å². The van der Waals surface area contributed by atoms with Gasteiger partial charge in [-0.3, -0.25) is 9.32 Å². The maximum Gasteiger partial charge on any atom is 0.432 e. The summed E-state index contributed by atoms with van der Waals surface area (Å²) in [5.74, 6) is -0.332. The van der Waals surface area contributed by atoms with Crippen molar-refractivity contribution in [2.24, 2.45) is 0 Å². The van der Waals surface area contributed by atoms with Gasteiger partial charge in [0.25, 0.3) is 5.91 Å². The lowest BCUT2D eigenvalue weighted by atomic mass is 10.2. The molecule has 3 aromatic rings. The molecule has 25 heavy (non-hydrogen) atoms. The maximum atomic E-state index is 12.6. The number of para-hydroxylation sites is 1. The van der Waals surface area contributed by atoms with Gasteiger partial charge in [-0.1, -0.05) is 41.4 Å². The molecule has 0 saturated heterocycles. The summed E-state index contributed by atoms with van der Waals surface area (Å²) < 4.78 is 6.37. The topological polar surface area (TPSA) is 70.2 Å². The number of rotatable bonds is 4. The highest BCUT2D eigenvalue weighted by molar-refractivity contribution is 6.36. The molecule has 0 atom stereocenters. The summed E-state index contributed by atoms with van der Waals surface area (Å²) in [6.07, 6.45) is 0. The average molecular weight is 379 g/mol. The lowest BCUT2D eigenvalue weighted by Gasteiger charge is -2.15. The van der Waals surface area contributed by atoms with Crippen molar-refractivity contribution in [3.05, 3.63) is 80.3 Å². The number of nitrogens with zero attached hydrogens (tertiary/aromatic N) is 2. The Morgan fingerprint density at radius 1 is 1.20 bits per heavy atom. The average Bonchev–Trinajstić information content (AvgIpc) is 2.96. The van der Waals surface area contributed by atoms with Crippen molar-refractivity contribution in [2.75, 3.05) is 7.05 Å². The van der Waals surface area contributed by atoms with Crippen LogP contribution in [0.4, 0.5) is 0 Å². The van der Waals surface area contributed by atoms with Crippen LogP contribution in [-0.2, 0) is 6.54 Å². The van der Waals surface area contributed by atoms with Crippen LogP contribution in [0, 0.1) is 0 Å². The number of halogens is 2. The van der Waals surface area contributed by atoms with E-state index in [-0.39, 0.29) is 23.2 Å². The van der Waals surface area contributed by atoms with Gasteiger partial charge < -0.3 is 4.90 Å². The monoisotopic (exact) mass is 378 g/mol. The van der Waals surface area contributed by atoms with Crippen LogP contribution in [0.25, 0.3) is 5.69 Å².